The summed E-state index contributed by atoms with van der Waals surface area (Å²) in [6.45, 7) is 1.71. The Morgan fingerprint density at radius 2 is 1.60 bits per heavy atom. The molecule has 0 aliphatic heterocycles. The van der Waals surface area contributed by atoms with Crippen molar-refractivity contribution in [1.82, 2.24) is 0 Å². The summed E-state index contributed by atoms with van der Waals surface area (Å²) in [5.74, 6) is 0. The van der Waals surface area contributed by atoms with Crippen molar-refractivity contribution in [1.29, 1.82) is 0 Å². The summed E-state index contributed by atoms with van der Waals surface area (Å²) in [5, 5.41) is 14.9. The normalized spacial score (nSPS) is 12.4. The highest BCUT2D eigenvalue weighted by Gasteiger charge is 2.14. The number of rotatable bonds is 2. The van der Waals surface area contributed by atoms with Gasteiger partial charge in [-0.25, -0.2) is 0 Å². The van der Waals surface area contributed by atoms with Crippen LogP contribution in [0.3, 0.4) is 0 Å². The Balaban J connectivity index is 2.22. The maximum atomic E-state index is 10.6. The molecule has 0 aromatic heterocycles. The van der Waals surface area contributed by atoms with Gasteiger partial charge in [0.25, 0.3) is 0 Å². The van der Waals surface area contributed by atoms with Crippen molar-refractivity contribution < 1.29 is 14.6 Å². The van der Waals surface area contributed by atoms with Gasteiger partial charge in [0.05, 0.1) is 0 Å². The molecule has 0 aliphatic carbocycles. The van der Waals surface area contributed by atoms with E-state index >= 15 is 0 Å². The average molecular weight is 265 g/mol. The second kappa shape index (κ2) is 4.85. The lowest BCUT2D eigenvalue weighted by atomic mass is 9.97. The van der Waals surface area contributed by atoms with Gasteiger partial charge in [-0.1, -0.05) is 42.5 Å². The molecular formula is C17H13O3. The first-order valence-electron chi connectivity index (χ1n) is 6.44. The fourth-order valence-corrected chi connectivity index (χ4v) is 2.55. The SMILES string of the molecule is CC(OC([O])=O)c1cccc2cc3ccccc3cc12. The zero-order valence-corrected chi connectivity index (χ0v) is 11.0. The quantitative estimate of drug-likeness (QED) is 0.501. The Morgan fingerprint density at radius 1 is 0.950 bits per heavy atom. The summed E-state index contributed by atoms with van der Waals surface area (Å²) in [6.07, 6.45) is -2.06. The van der Waals surface area contributed by atoms with E-state index in [1.807, 2.05) is 36.4 Å². The Labute approximate surface area is 116 Å². The van der Waals surface area contributed by atoms with Crippen molar-refractivity contribution in [3.05, 3.63) is 60.2 Å². The third kappa shape index (κ3) is 2.18. The second-order valence-electron chi connectivity index (χ2n) is 4.78. The van der Waals surface area contributed by atoms with Crippen LogP contribution in [0.15, 0.2) is 54.6 Å². The summed E-state index contributed by atoms with van der Waals surface area (Å²) in [5.41, 5.74) is 0.845. The van der Waals surface area contributed by atoms with Gasteiger partial charge >= 0.3 is 6.16 Å². The largest absolute Gasteiger partial charge is 0.550 e. The van der Waals surface area contributed by atoms with E-state index in [-0.39, 0.29) is 0 Å². The molecule has 20 heavy (non-hydrogen) atoms. The number of carbonyl (C=O) groups is 1. The van der Waals surface area contributed by atoms with Gasteiger partial charge in [0.15, 0.2) is 0 Å². The summed E-state index contributed by atoms with van der Waals surface area (Å²) < 4.78 is 4.76. The molecule has 0 spiro atoms. The van der Waals surface area contributed by atoms with Crippen LogP contribution in [0.2, 0.25) is 0 Å². The first kappa shape index (κ1) is 12.5. The van der Waals surface area contributed by atoms with E-state index in [1.54, 1.807) is 6.92 Å². The van der Waals surface area contributed by atoms with Gasteiger partial charge in [0.1, 0.15) is 6.10 Å². The Hall–Kier alpha value is -2.55. The second-order valence-corrected chi connectivity index (χ2v) is 4.78. The van der Waals surface area contributed by atoms with Crippen LogP contribution < -0.4 is 0 Å². The predicted octanol–water partition coefficient (Wildman–Crippen LogP) is 4.62. The topological polar surface area (TPSA) is 46.2 Å². The van der Waals surface area contributed by atoms with Crippen molar-refractivity contribution in [2.75, 3.05) is 0 Å². The monoisotopic (exact) mass is 265 g/mol. The molecule has 1 unspecified atom stereocenters. The number of hydrogen-bond donors (Lipinski definition) is 0. The van der Waals surface area contributed by atoms with E-state index in [4.69, 9.17) is 4.74 Å². The maximum absolute atomic E-state index is 10.6. The first-order valence-corrected chi connectivity index (χ1v) is 6.44. The Bertz CT molecular complexity index is 792. The highest BCUT2D eigenvalue weighted by molar-refractivity contribution is 5.99. The van der Waals surface area contributed by atoms with Gasteiger partial charge in [-0.05, 0) is 40.6 Å². The lowest BCUT2D eigenvalue weighted by molar-refractivity contribution is 0.0385. The molecule has 3 rings (SSSR count). The molecule has 0 aliphatic rings. The van der Waals surface area contributed by atoms with E-state index in [1.165, 1.54) is 0 Å². The molecule has 3 nitrogen and oxygen atoms in total. The van der Waals surface area contributed by atoms with E-state index in [0.717, 1.165) is 27.1 Å². The zero-order valence-electron chi connectivity index (χ0n) is 11.0. The zero-order chi connectivity index (χ0) is 14.1. The standard InChI is InChI=1S/C17H13O3/c1-11(20-17(18)19)15-8-4-7-14-9-12-5-2-3-6-13(12)10-16(14)15/h2-11H,1H3. The van der Waals surface area contributed by atoms with Gasteiger partial charge in [-0.15, -0.1) is 0 Å². The van der Waals surface area contributed by atoms with Crippen molar-refractivity contribution in [2.24, 2.45) is 0 Å². The molecule has 1 radical (unpaired) electrons. The summed E-state index contributed by atoms with van der Waals surface area (Å²) in [7, 11) is 0. The maximum Gasteiger partial charge on any atom is 0.550 e. The molecule has 0 heterocycles. The van der Waals surface area contributed by atoms with Gasteiger partial charge < -0.3 is 4.74 Å². The van der Waals surface area contributed by atoms with Crippen molar-refractivity contribution in [3.8, 4) is 0 Å². The van der Waals surface area contributed by atoms with Crippen LogP contribution in [0, 0.1) is 0 Å². The lowest BCUT2D eigenvalue weighted by Gasteiger charge is -2.14. The summed E-state index contributed by atoms with van der Waals surface area (Å²) in [4.78, 5) is 10.6. The van der Waals surface area contributed by atoms with Crippen LogP contribution in [-0.2, 0) is 9.84 Å². The minimum Gasteiger partial charge on any atom is -0.424 e. The van der Waals surface area contributed by atoms with Gasteiger partial charge in [0.2, 0.25) is 0 Å². The highest BCUT2D eigenvalue weighted by Crippen LogP contribution is 2.30. The van der Waals surface area contributed by atoms with Crippen LogP contribution in [0.4, 0.5) is 4.79 Å². The number of hydrogen-bond acceptors (Lipinski definition) is 2. The van der Waals surface area contributed by atoms with Crippen LogP contribution in [0.25, 0.3) is 21.5 Å². The predicted molar refractivity (Wildman–Crippen MR) is 77.0 cm³/mol. The van der Waals surface area contributed by atoms with Gasteiger partial charge in [-0.2, -0.15) is 9.90 Å². The van der Waals surface area contributed by atoms with Gasteiger partial charge in [0, 0.05) is 5.56 Å². The third-order valence-electron chi connectivity index (χ3n) is 3.49. The molecule has 0 bridgehead atoms. The van der Waals surface area contributed by atoms with Crippen LogP contribution in [0.1, 0.15) is 18.6 Å². The number of benzene rings is 3. The van der Waals surface area contributed by atoms with Gasteiger partial charge in [-0.3, -0.25) is 0 Å². The molecule has 0 N–H and O–H groups in total. The fraction of sp³-hybridized carbons (Fsp3) is 0.118. The minimum atomic E-state index is -1.50. The molecule has 3 heteroatoms. The van der Waals surface area contributed by atoms with E-state index in [0.29, 0.717) is 0 Å². The van der Waals surface area contributed by atoms with E-state index in [2.05, 4.69) is 18.2 Å². The average Bonchev–Trinajstić information content (AvgIpc) is 2.43. The van der Waals surface area contributed by atoms with Crippen LogP contribution in [0.5, 0.6) is 0 Å². The third-order valence-corrected chi connectivity index (χ3v) is 3.49. The number of carbonyl (C=O) groups excluding carboxylic acids is 1. The van der Waals surface area contributed by atoms with E-state index < -0.39 is 12.3 Å². The minimum absolute atomic E-state index is 0.551. The van der Waals surface area contributed by atoms with Crippen LogP contribution >= 0.6 is 0 Å². The number of fused-ring (bicyclic) bond motifs is 2. The molecule has 99 valence electrons. The molecule has 3 aromatic rings. The number of ether oxygens (including phenoxy) is 1. The highest BCUT2D eigenvalue weighted by atomic mass is 16.7. The molecule has 1 atom stereocenters. The first-order chi connectivity index (χ1) is 9.65. The van der Waals surface area contributed by atoms with Crippen molar-refractivity contribution in [3.63, 3.8) is 0 Å². The molecule has 0 amide bonds. The molecule has 0 saturated carbocycles. The molecule has 0 fully saturated rings. The lowest BCUT2D eigenvalue weighted by Crippen LogP contribution is -2.05. The summed E-state index contributed by atoms with van der Waals surface area (Å²) >= 11 is 0. The van der Waals surface area contributed by atoms with Crippen LogP contribution in [-0.4, -0.2) is 6.16 Å². The van der Waals surface area contributed by atoms with E-state index in [9.17, 15) is 9.90 Å². The molecule has 0 saturated heterocycles. The van der Waals surface area contributed by atoms with Crippen molar-refractivity contribution in [2.45, 2.75) is 13.0 Å². The molecular weight excluding hydrogens is 252 g/mol. The Morgan fingerprint density at radius 3 is 2.30 bits per heavy atom. The Kier molecular flexibility index (Phi) is 3.03. The fourth-order valence-electron chi connectivity index (χ4n) is 2.55. The smallest absolute Gasteiger partial charge is 0.424 e. The van der Waals surface area contributed by atoms with Crippen molar-refractivity contribution >= 4 is 27.7 Å². The summed E-state index contributed by atoms with van der Waals surface area (Å²) in [6, 6.07) is 18.0. The molecule has 3 aromatic carbocycles.